The van der Waals surface area contributed by atoms with Crippen molar-refractivity contribution in [3.05, 3.63) is 47.0 Å². The fourth-order valence-electron chi connectivity index (χ4n) is 2.22. The second-order valence-corrected chi connectivity index (χ2v) is 4.86. The fraction of sp³-hybridized carbons (Fsp3) is 0.250. The standard InChI is InChI=1S/C16H18ClNO2/c1-19-15-10-13(11-4-3-5-14(17)9-11)8-12(6-7-18)16(15)20-2/h3-5,8-10H,6-7,18H2,1-2H3. The molecule has 106 valence electrons. The Morgan fingerprint density at radius 2 is 1.85 bits per heavy atom. The monoisotopic (exact) mass is 291 g/mol. The first-order valence-electron chi connectivity index (χ1n) is 6.40. The Kier molecular flexibility index (Phi) is 4.88. The average Bonchev–Trinajstić information content (AvgIpc) is 2.46. The molecule has 0 saturated heterocycles. The topological polar surface area (TPSA) is 44.5 Å². The summed E-state index contributed by atoms with van der Waals surface area (Å²) in [5.41, 5.74) is 8.78. The highest BCUT2D eigenvalue weighted by Gasteiger charge is 2.13. The first-order chi connectivity index (χ1) is 9.69. The Morgan fingerprint density at radius 1 is 1.05 bits per heavy atom. The number of ether oxygens (including phenoxy) is 2. The number of benzene rings is 2. The Hall–Kier alpha value is -1.71. The zero-order chi connectivity index (χ0) is 14.5. The van der Waals surface area contributed by atoms with E-state index in [1.54, 1.807) is 14.2 Å². The van der Waals surface area contributed by atoms with Gasteiger partial charge < -0.3 is 15.2 Å². The summed E-state index contributed by atoms with van der Waals surface area (Å²) in [6, 6.07) is 11.7. The molecular formula is C16H18ClNO2. The molecule has 2 N–H and O–H groups in total. The van der Waals surface area contributed by atoms with Crippen LogP contribution >= 0.6 is 11.6 Å². The van der Waals surface area contributed by atoms with Gasteiger partial charge in [0.15, 0.2) is 11.5 Å². The Balaban J connectivity index is 2.56. The molecule has 2 aromatic carbocycles. The molecule has 0 atom stereocenters. The summed E-state index contributed by atoms with van der Waals surface area (Å²) < 4.78 is 10.8. The van der Waals surface area contributed by atoms with Crippen LogP contribution in [0.5, 0.6) is 11.5 Å². The maximum Gasteiger partial charge on any atom is 0.163 e. The van der Waals surface area contributed by atoms with Crippen molar-refractivity contribution in [3.8, 4) is 22.6 Å². The number of methoxy groups -OCH3 is 2. The molecule has 2 rings (SSSR count). The molecule has 2 aromatic rings. The lowest BCUT2D eigenvalue weighted by Crippen LogP contribution is -2.05. The molecule has 0 aliphatic heterocycles. The summed E-state index contributed by atoms with van der Waals surface area (Å²) in [5.74, 6) is 1.44. The fourth-order valence-corrected chi connectivity index (χ4v) is 2.41. The van der Waals surface area contributed by atoms with Crippen LogP contribution in [0.3, 0.4) is 0 Å². The van der Waals surface area contributed by atoms with Crippen LogP contribution in [-0.2, 0) is 6.42 Å². The van der Waals surface area contributed by atoms with Crippen molar-refractivity contribution in [2.75, 3.05) is 20.8 Å². The van der Waals surface area contributed by atoms with Crippen LogP contribution in [0.15, 0.2) is 36.4 Å². The Morgan fingerprint density at radius 3 is 2.45 bits per heavy atom. The summed E-state index contributed by atoms with van der Waals surface area (Å²) in [6.07, 6.45) is 0.730. The summed E-state index contributed by atoms with van der Waals surface area (Å²) in [5, 5.41) is 0.706. The summed E-state index contributed by atoms with van der Waals surface area (Å²) in [6.45, 7) is 0.554. The van der Waals surface area contributed by atoms with Gasteiger partial charge in [-0.15, -0.1) is 0 Å². The first-order valence-corrected chi connectivity index (χ1v) is 6.78. The Labute approximate surface area is 124 Å². The van der Waals surface area contributed by atoms with Gasteiger partial charge in [0.05, 0.1) is 14.2 Å². The predicted octanol–water partition coefficient (Wildman–Crippen LogP) is 3.53. The largest absolute Gasteiger partial charge is 0.493 e. The minimum absolute atomic E-state index is 0.554. The molecule has 0 spiro atoms. The van der Waals surface area contributed by atoms with Crippen LogP contribution in [0.4, 0.5) is 0 Å². The third kappa shape index (κ3) is 3.06. The van der Waals surface area contributed by atoms with Crippen molar-refractivity contribution in [2.45, 2.75) is 6.42 Å². The van der Waals surface area contributed by atoms with Crippen LogP contribution in [0.1, 0.15) is 5.56 Å². The van der Waals surface area contributed by atoms with Crippen molar-refractivity contribution >= 4 is 11.6 Å². The average molecular weight is 292 g/mol. The molecular weight excluding hydrogens is 274 g/mol. The summed E-state index contributed by atoms with van der Waals surface area (Å²) in [4.78, 5) is 0. The maximum atomic E-state index is 6.05. The second kappa shape index (κ2) is 6.64. The highest BCUT2D eigenvalue weighted by atomic mass is 35.5. The Bertz CT molecular complexity index is 599. The van der Waals surface area contributed by atoms with Gasteiger partial charge in [-0.1, -0.05) is 23.7 Å². The van der Waals surface area contributed by atoms with Gasteiger partial charge in [-0.2, -0.15) is 0 Å². The molecule has 0 fully saturated rings. The molecule has 0 bridgehead atoms. The van der Waals surface area contributed by atoms with Gasteiger partial charge in [-0.3, -0.25) is 0 Å². The lowest BCUT2D eigenvalue weighted by Gasteiger charge is -2.15. The number of rotatable bonds is 5. The highest BCUT2D eigenvalue weighted by molar-refractivity contribution is 6.30. The van der Waals surface area contributed by atoms with Crippen molar-refractivity contribution in [1.82, 2.24) is 0 Å². The van der Waals surface area contributed by atoms with E-state index in [-0.39, 0.29) is 0 Å². The molecule has 3 nitrogen and oxygen atoms in total. The zero-order valence-corrected chi connectivity index (χ0v) is 12.4. The van der Waals surface area contributed by atoms with Crippen molar-refractivity contribution < 1.29 is 9.47 Å². The van der Waals surface area contributed by atoms with Crippen molar-refractivity contribution in [2.24, 2.45) is 5.73 Å². The maximum absolute atomic E-state index is 6.05. The third-order valence-electron chi connectivity index (χ3n) is 3.13. The van der Waals surface area contributed by atoms with E-state index in [0.717, 1.165) is 28.9 Å². The molecule has 0 saturated carbocycles. The van der Waals surface area contributed by atoms with Gasteiger partial charge in [0.1, 0.15) is 0 Å². The van der Waals surface area contributed by atoms with E-state index in [9.17, 15) is 0 Å². The van der Waals surface area contributed by atoms with E-state index in [0.29, 0.717) is 17.3 Å². The van der Waals surface area contributed by atoms with Crippen molar-refractivity contribution in [3.63, 3.8) is 0 Å². The SMILES string of the molecule is COc1cc(-c2cccc(Cl)c2)cc(CCN)c1OC. The third-order valence-corrected chi connectivity index (χ3v) is 3.36. The predicted molar refractivity (Wildman–Crippen MR) is 82.8 cm³/mol. The van der Waals surface area contributed by atoms with Crippen LogP contribution in [0.2, 0.25) is 5.02 Å². The van der Waals surface area contributed by atoms with Crippen LogP contribution in [0.25, 0.3) is 11.1 Å². The van der Waals surface area contributed by atoms with E-state index >= 15 is 0 Å². The first kappa shape index (κ1) is 14.7. The van der Waals surface area contributed by atoms with Crippen LogP contribution in [-0.4, -0.2) is 20.8 Å². The highest BCUT2D eigenvalue weighted by Crippen LogP contribution is 2.37. The van der Waals surface area contributed by atoms with Gasteiger partial charge >= 0.3 is 0 Å². The minimum atomic E-state index is 0.554. The van der Waals surface area contributed by atoms with Gasteiger partial charge in [0.25, 0.3) is 0 Å². The number of hydrogen-bond acceptors (Lipinski definition) is 3. The van der Waals surface area contributed by atoms with Crippen LogP contribution < -0.4 is 15.2 Å². The quantitative estimate of drug-likeness (QED) is 0.916. The van der Waals surface area contributed by atoms with Crippen LogP contribution in [0, 0.1) is 0 Å². The van der Waals surface area contributed by atoms with Crippen molar-refractivity contribution in [1.29, 1.82) is 0 Å². The van der Waals surface area contributed by atoms with Gasteiger partial charge in [0, 0.05) is 5.02 Å². The second-order valence-electron chi connectivity index (χ2n) is 4.42. The molecule has 0 aliphatic carbocycles. The number of halogens is 1. The number of hydrogen-bond donors (Lipinski definition) is 1. The smallest absolute Gasteiger partial charge is 0.163 e. The lowest BCUT2D eigenvalue weighted by molar-refractivity contribution is 0.352. The molecule has 0 aliphatic rings. The molecule has 0 unspecified atom stereocenters. The lowest BCUT2D eigenvalue weighted by atomic mass is 10.00. The molecule has 0 heterocycles. The molecule has 0 aromatic heterocycles. The summed E-state index contributed by atoms with van der Waals surface area (Å²) >= 11 is 6.05. The zero-order valence-electron chi connectivity index (χ0n) is 11.7. The van der Waals surface area contributed by atoms with E-state index < -0.39 is 0 Å². The van der Waals surface area contributed by atoms with Gasteiger partial charge in [0.2, 0.25) is 0 Å². The molecule has 0 radical (unpaired) electrons. The van der Waals surface area contributed by atoms with E-state index in [1.807, 2.05) is 30.3 Å². The number of nitrogens with two attached hydrogens (primary N) is 1. The molecule has 20 heavy (non-hydrogen) atoms. The molecule has 4 heteroatoms. The van der Waals surface area contributed by atoms with Gasteiger partial charge in [-0.05, 0) is 53.9 Å². The van der Waals surface area contributed by atoms with E-state index in [1.165, 1.54) is 0 Å². The normalized spacial score (nSPS) is 10.4. The summed E-state index contributed by atoms with van der Waals surface area (Å²) in [7, 11) is 3.27. The van der Waals surface area contributed by atoms with E-state index in [2.05, 4.69) is 6.07 Å². The van der Waals surface area contributed by atoms with Gasteiger partial charge in [-0.25, -0.2) is 0 Å². The molecule has 0 amide bonds. The minimum Gasteiger partial charge on any atom is -0.493 e. The van der Waals surface area contributed by atoms with E-state index in [4.69, 9.17) is 26.8 Å².